The molecule has 2 aromatic carbocycles. The van der Waals surface area contributed by atoms with E-state index in [1.807, 2.05) is 18.2 Å². The van der Waals surface area contributed by atoms with E-state index in [-0.39, 0.29) is 5.91 Å². The molecule has 26 heavy (non-hydrogen) atoms. The third-order valence-electron chi connectivity index (χ3n) is 4.16. The Kier molecular flexibility index (Phi) is 6.76. The van der Waals surface area contributed by atoms with E-state index >= 15 is 0 Å². The highest BCUT2D eigenvalue weighted by atomic mass is 32.2. The fourth-order valence-electron chi connectivity index (χ4n) is 2.79. The van der Waals surface area contributed by atoms with Gasteiger partial charge in [-0.05, 0) is 46.6 Å². The van der Waals surface area contributed by atoms with Crippen molar-refractivity contribution in [3.05, 3.63) is 53.9 Å². The van der Waals surface area contributed by atoms with E-state index in [2.05, 4.69) is 35.1 Å². The highest BCUT2D eigenvalue weighted by Crippen LogP contribution is 2.33. The molecule has 0 radical (unpaired) electrons. The van der Waals surface area contributed by atoms with Gasteiger partial charge in [-0.15, -0.1) is 4.33 Å². The molecule has 3 rings (SSSR count). The summed E-state index contributed by atoms with van der Waals surface area (Å²) in [5.74, 6) is 1.22. The summed E-state index contributed by atoms with van der Waals surface area (Å²) in [5, 5.41) is 10.8. The Balaban J connectivity index is 1.41. The van der Waals surface area contributed by atoms with Gasteiger partial charge in [0, 0.05) is 18.2 Å². The van der Waals surface area contributed by atoms with Gasteiger partial charge in [0.15, 0.2) is 0 Å². The molecule has 0 aliphatic carbocycles. The fourth-order valence-corrected chi connectivity index (χ4v) is 4.05. The van der Waals surface area contributed by atoms with Gasteiger partial charge in [0.05, 0.1) is 0 Å². The van der Waals surface area contributed by atoms with Crippen LogP contribution in [0.5, 0.6) is 0 Å². The topological polar surface area (TPSA) is 79.8 Å². The van der Waals surface area contributed by atoms with Gasteiger partial charge in [-0.3, -0.25) is 14.7 Å². The Morgan fingerprint density at radius 1 is 1.12 bits per heavy atom. The number of hydrogen-bond acceptors (Lipinski definition) is 5. The third-order valence-corrected chi connectivity index (χ3v) is 5.61. The number of unbranched alkanes of at least 4 members (excludes halogenated alkanes) is 3. The van der Waals surface area contributed by atoms with E-state index in [0.29, 0.717) is 12.3 Å². The highest BCUT2D eigenvalue weighted by Gasteiger charge is 2.17. The van der Waals surface area contributed by atoms with Crippen LogP contribution in [0.1, 0.15) is 37.7 Å². The van der Waals surface area contributed by atoms with Gasteiger partial charge in [0.1, 0.15) is 0 Å². The minimum Gasteiger partial charge on any atom is -0.306 e. The van der Waals surface area contributed by atoms with Crippen molar-refractivity contribution in [1.29, 1.82) is 0 Å². The lowest BCUT2D eigenvalue weighted by Crippen LogP contribution is -2.17. The molecule has 0 aromatic heterocycles. The lowest BCUT2D eigenvalue weighted by atomic mass is 10.1. The monoisotopic (exact) mass is 376 g/mol. The first kappa shape index (κ1) is 18.6. The quantitative estimate of drug-likeness (QED) is 0.184. The second-order valence-electron chi connectivity index (χ2n) is 6.19. The largest absolute Gasteiger partial charge is 0.306 e. The Morgan fingerprint density at radius 3 is 2.77 bits per heavy atom. The van der Waals surface area contributed by atoms with Crippen LogP contribution in [0.25, 0.3) is 16.8 Å². The zero-order chi connectivity index (χ0) is 18.2. The number of fused-ring (bicyclic) bond motifs is 1. The standard InChI is InChI=1S/C19H24N2O4S/c22-18(20-23)9-3-1-2-6-12-26-21-19(24-25-26)14-15-10-11-16-7-4-5-8-17(16)13-15/h4-5,7-8,10-11,13-14,21,23,26H,1-3,6,9,12H2,(H,20,22)/b19-14-. The minimum atomic E-state index is -0.811. The number of amides is 1. The van der Waals surface area contributed by atoms with E-state index in [1.165, 1.54) is 10.8 Å². The predicted octanol–water partition coefficient (Wildman–Crippen LogP) is 3.98. The molecule has 0 saturated carbocycles. The van der Waals surface area contributed by atoms with Crippen LogP contribution in [-0.4, -0.2) is 16.9 Å². The summed E-state index contributed by atoms with van der Waals surface area (Å²) in [7, 11) is 0. The number of hydroxylamine groups is 1. The molecule has 1 aliphatic rings. The molecule has 1 amide bonds. The predicted molar refractivity (Wildman–Crippen MR) is 104 cm³/mol. The Morgan fingerprint density at radius 2 is 1.92 bits per heavy atom. The molecule has 1 heterocycles. The van der Waals surface area contributed by atoms with E-state index in [0.717, 1.165) is 37.0 Å². The maximum Gasteiger partial charge on any atom is 0.243 e. The lowest BCUT2D eigenvalue weighted by Gasteiger charge is -2.09. The summed E-state index contributed by atoms with van der Waals surface area (Å²) >= 11 is -0.811. The molecule has 0 spiro atoms. The van der Waals surface area contributed by atoms with Crippen molar-refractivity contribution in [1.82, 2.24) is 10.2 Å². The summed E-state index contributed by atoms with van der Waals surface area (Å²) in [6.07, 6.45) is 6.07. The normalized spacial score (nSPS) is 19.3. The SMILES string of the molecule is O=C(CCCCCC[SH]1N/C(=C/c2ccc3ccccc3c2)OO1)NO. The zero-order valence-electron chi connectivity index (χ0n) is 14.5. The maximum atomic E-state index is 10.9. The first-order valence-electron chi connectivity index (χ1n) is 8.77. The Labute approximate surface area is 155 Å². The van der Waals surface area contributed by atoms with Crippen LogP contribution in [0.3, 0.4) is 0 Å². The maximum absolute atomic E-state index is 10.9. The average Bonchev–Trinajstić information content (AvgIpc) is 3.11. The number of rotatable bonds is 8. The van der Waals surface area contributed by atoms with Crippen LogP contribution in [-0.2, 0) is 14.0 Å². The van der Waals surface area contributed by atoms with Crippen molar-refractivity contribution in [2.75, 3.05) is 5.75 Å². The summed E-state index contributed by atoms with van der Waals surface area (Å²) in [4.78, 5) is 16.2. The van der Waals surface area contributed by atoms with Crippen molar-refractivity contribution in [2.45, 2.75) is 32.1 Å². The molecule has 140 valence electrons. The minimum absolute atomic E-state index is 0.327. The van der Waals surface area contributed by atoms with E-state index < -0.39 is 11.4 Å². The second kappa shape index (κ2) is 9.47. The van der Waals surface area contributed by atoms with Gasteiger partial charge >= 0.3 is 0 Å². The van der Waals surface area contributed by atoms with E-state index in [1.54, 1.807) is 5.48 Å². The van der Waals surface area contributed by atoms with Crippen LogP contribution in [0.4, 0.5) is 0 Å². The van der Waals surface area contributed by atoms with E-state index in [4.69, 9.17) is 14.4 Å². The van der Waals surface area contributed by atoms with Crippen molar-refractivity contribution in [3.63, 3.8) is 0 Å². The number of nitrogens with one attached hydrogen (secondary N) is 2. The van der Waals surface area contributed by atoms with Crippen LogP contribution in [0.15, 0.2) is 48.3 Å². The van der Waals surface area contributed by atoms with Gasteiger partial charge in [0.2, 0.25) is 11.8 Å². The van der Waals surface area contributed by atoms with Crippen molar-refractivity contribution >= 4 is 34.1 Å². The molecule has 1 fully saturated rings. The van der Waals surface area contributed by atoms with Crippen LogP contribution in [0, 0.1) is 0 Å². The molecular weight excluding hydrogens is 352 g/mol. The number of carbonyl (C=O) groups excluding carboxylic acids is 1. The number of thiol groups is 1. The van der Waals surface area contributed by atoms with Gasteiger partial charge in [-0.1, -0.05) is 49.2 Å². The molecule has 1 saturated heterocycles. The van der Waals surface area contributed by atoms with Gasteiger partial charge in [0.25, 0.3) is 0 Å². The summed E-state index contributed by atoms with van der Waals surface area (Å²) in [6.45, 7) is 0. The Bertz CT molecular complexity index is 781. The molecular formula is C19H24N2O4S. The van der Waals surface area contributed by atoms with Crippen LogP contribution >= 0.6 is 11.4 Å². The molecule has 1 aliphatic heterocycles. The molecule has 0 bridgehead atoms. The molecule has 7 heteroatoms. The molecule has 3 N–H and O–H groups in total. The summed E-state index contributed by atoms with van der Waals surface area (Å²) in [5.41, 5.74) is 2.71. The van der Waals surface area contributed by atoms with Gasteiger partial charge in [-0.25, -0.2) is 5.48 Å². The molecule has 2 aromatic rings. The molecule has 1 unspecified atom stereocenters. The first-order valence-corrected chi connectivity index (χ1v) is 10.2. The lowest BCUT2D eigenvalue weighted by molar-refractivity contribution is -0.135. The van der Waals surface area contributed by atoms with Crippen molar-refractivity contribution in [3.8, 4) is 0 Å². The smallest absolute Gasteiger partial charge is 0.243 e. The summed E-state index contributed by atoms with van der Waals surface area (Å²) < 4.78 is 8.67. The molecule has 6 nitrogen and oxygen atoms in total. The number of carbonyl (C=O) groups is 1. The highest BCUT2D eigenvalue weighted by molar-refractivity contribution is 8.11. The Hall–Kier alpha value is -2.22. The van der Waals surface area contributed by atoms with Gasteiger partial charge in [-0.2, -0.15) is 0 Å². The average molecular weight is 376 g/mol. The van der Waals surface area contributed by atoms with Crippen LogP contribution in [0.2, 0.25) is 0 Å². The van der Waals surface area contributed by atoms with Crippen molar-refractivity contribution < 1.29 is 19.2 Å². The van der Waals surface area contributed by atoms with Crippen molar-refractivity contribution in [2.24, 2.45) is 0 Å². The third kappa shape index (κ3) is 5.39. The fraction of sp³-hybridized carbons (Fsp3) is 0.316. The molecule has 1 atom stereocenters. The number of hydrogen-bond donors (Lipinski definition) is 4. The van der Waals surface area contributed by atoms with E-state index in [9.17, 15) is 4.79 Å². The van der Waals surface area contributed by atoms with Gasteiger partial charge < -0.3 is 4.89 Å². The number of benzene rings is 2. The van der Waals surface area contributed by atoms with Crippen LogP contribution < -0.4 is 10.2 Å². The first-order chi connectivity index (χ1) is 12.7. The second-order valence-corrected chi connectivity index (χ2v) is 7.76. The summed E-state index contributed by atoms with van der Waals surface area (Å²) in [6, 6.07) is 14.5. The zero-order valence-corrected chi connectivity index (χ0v) is 15.4.